The lowest BCUT2D eigenvalue weighted by Crippen LogP contribution is -2.24. The lowest BCUT2D eigenvalue weighted by atomic mass is 10.1. The van der Waals surface area contributed by atoms with Crippen LogP contribution in [-0.4, -0.2) is 32.3 Å². The van der Waals surface area contributed by atoms with E-state index in [0.717, 1.165) is 11.1 Å². The van der Waals surface area contributed by atoms with Gasteiger partial charge in [0.2, 0.25) is 0 Å². The first-order valence-electron chi connectivity index (χ1n) is 11.1. The minimum atomic E-state index is -0.429. The Labute approximate surface area is 202 Å². The molecule has 1 aromatic carbocycles. The van der Waals surface area contributed by atoms with Crippen molar-refractivity contribution in [3.05, 3.63) is 117 Å². The molecule has 35 heavy (non-hydrogen) atoms. The number of ether oxygens (including phenoxy) is 1. The third-order valence-corrected chi connectivity index (χ3v) is 5.55. The van der Waals surface area contributed by atoms with Crippen LogP contribution < -0.4 is 10.9 Å². The van der Waals surface area contributed by atoms with Crippen LogP contribution in [0.15, 0.2) is 71.9 Å². The standard InChI is InChI=1S/C26H26FN5O3/c1-18-10-11-28-22(25(18)27)13-29-26(34)21-16-32(30-23(21)17-35-2)15-20-8-6-19(7-9-20)14-31-12-4-3-5-24(31)33/h3-12,16H,13-15,17H2,1-2H3,(H,29,34). The fraction of sp³-hybridized carbons (Fsp3) is 0.231. The molecule has 0 atom stereocenters. The van der Waals surface area contributed by atoms with Crippen LogP contribution in [0.25, 0.3) is 0 Å². The predicted octanol–water partition coefficient (Wildman–Crippen LogP) is 3.06. The van der Waals surface area contributed by atoms with Gasteiger partial charge in [0.05, 0.1) is 37.5 Å². The molecule has 4 aromatic rings. The van der Waals surface area contributed by atoms with Crippen molar-refractivity contribution in [3.63, 3.8) is 0 Å². The van der Waals surface area contributed by atoms with Crippen LogP contribution in [-0.2, 0) is 31.0 Å². The highest BCUT2D eigenvalue weighted by atomic mass is 19.1. The molecule has 0 saturated carbocycles. The Morgan fingerprint density at radius 1 is 1.06 bits per heavy atom. The summed E-state index contributed by atoms with van der Waals surface area (Å²) in [6.45, 7) is 2.72. The van der Waals surface area contributed by atoms with Gasteiger partial charge >= 0.3 is 0 Å². The summed E-state index contributed by atoms with van der Waals surface area (Å²) in [5.41, 5.74) is 3.43. The number of carbonyl (C=O) groups is 1. The molecule has 0 saturated heterocycles. The van der Waals surface area contributed by atoms with E-state index in [9.17, 15) is 14.0 Å². The number of amides is 1. The lowest BCUT2D eigenvalue weighted by Gasteiger charge is -2.07. The van der Waals surface area contributed by atoms with Gasteiger partial charge in [-0.25, -0.2) is 4.39 Å². The van der Waals surface area contributed by atoms with Gasteiger partial charge in [-0.2, -0.15) is 5.10 Å². The maximum Gasteiger partial charge on any atom is 0.255 e. The zero-order valence-corrected chi connectivity index (χ0v) is 19.6. The highest BCUT2D eigenvalue weighted by Gasteiger charge is 2.17. The van der Waals surface area contributed by atoms with Gasteiger partial charge < -0.3 is 14.6 Å². The molecule has 1 amide bonds. The summed E-state index contributed by atoms with van der Waals surface area (Å²) in [7, 11) is 1.53. The van der Waals surface area contributed by atoms with E-state index in [4.69, 9.17) is 4.74 Å². The minimum absolute atomic E-state index is 0.0318. The van der Waals surface area contributed by atoms with Gasteiger partial charge in [-0.3, -0.25) is 19.3 Å². The van der Waals surface area contributed by atoms with E-state index >= 15 is 0 Å². The summed E-state index contributed by atoms with van der Waals surface area (Å²) in [6, 6.07) is 14.5. The maximum absolute atomic E-state index is 14.2. The van der Waals surface area contributed by atoms with Gasteiger partial charge in [0.1, 0.15) is 11.5 Å². The average Bonchev–Trinajstić information content (AvgIpc) is 3.25. The summed E-state index contributed by atoms with van der Waals surface area (Å²) in [5, 5.41) is 7.22. The summed E-state index contributed by atoms with van der Waals surface area (Å²) in [4.78, 5) is 28.8. The number of carbonyl (C=O) groups excluding carboxylic acids is 1. The van der Waals surface area contributed by atoms with Crippen molar-refractivity contribution in [2.75, 3.05) is 7.11 Å². The van der Waals surface area contributed by atoms with E-state index in [1.54, 1.807) is 40.7 Å². The van der Waals surface area contributed by atoms with Gasteiger partial charge in [0.15, 0.2) is 0 Å². The smallest absolute Gasteiger partial charge is 0.255 e. The molecule has 3 heterocycles. The third-order valence-electron chi connectivity index (χ3n) is 5.55. The largest absolute Gasteiger partial charge is 0.378 e. The SMILES string of the molecule is COCc1nn(Cc2ccc(Cn3ccccc3=O)cc2)cc1C(=O)NCc1nccc(C)c1F. The van der Waals surface area contributed by atoms with Crippen LogP contribution in [0.3, 0.4) is 0 Å². The first kappa shape index (κ1) is 24.0. The highest BCUT2D eigenvalue weighted by molar-refractivity contribution is 5.95. The number of benzene rings is 1. The molecule has 0 aliphatic heterocycles. The van der Waals surface area contributed by atoms with E-state index in [2.05, 4.69) is 15.4 Å². The molecule has 0 bridgehead atoms. The molecule has 0 spiro atoms. The number of aromatic nitrogens is 4. The van der Waals surface area contributed by atoms with E-state index in [-0.39, 0.29) is 30.3 Å². The third kappa shape index (κ3) is 5.88. The van der Waals surface area contributed by atoms with E-state index in [0.29, 0.717) is 29.9 Å². The molecular weight excluding hydrogens is 449 g/mol. The van der Waals surface area contributed by atoms with Crippen LogP contribution in [0.4, 0.5) is 4.39 Å². The van der Waals surface area contributed by atoms with Gasteiger partial charge in [0.25, 0.3) is 11.5 Å². The molecule has 0 radical (unpaired) electrons. The predicted molar refractivity (Wildman–Crippen MR) is 128 cm³/mol. The minimum Gasteiger partial charge on any atom is -0.378 e. The quantitative estimate of drug-likeness (QED) is 0.402. The van der Waals surface area contributed by atoms with Crippen molar-refractivity contribution in [1.29, 1.82) is 0 Å². The van der Waals surface area contributed by atoms with E-state index in [1.807, 2.05) is 30.3 Å². The molecule has 0 aliphatic rings. The van der Waals surface area contributed by atoms with Gasteiger partial charge in [-0.15, -0.1) is 0 Å². The number of aryl methyl sites for hydroxylation is 1. The van der Waals surface area contributed by atoms with Crippen molar-refractivity contribution < 1.29 is 13.9 Å². The van der Waals surface area contributed by atoms with Crippen molar-refractivity contribution in [2.45, 2.75) is 33.2 Å². The molecule has 9 heteroatoms. The van der Waals surface area contributed by atoms with Crippen LogP contribution in [0.2, 0.25) is 0 Å². The Hall–Kier alpha value is -4.11. The zero-order valence-electron chi connectivity index (χ0n) is 19.6. The Morgan fingerprint density at radius 3 is 2.51 bits per heavy atom. The topological polar surface area (TPSA) is 91.0 Å². The molecule has 8 nitrogen and oxygen atoms in total. The Bertz CT molecular complexity index is 1380. The summed E-state index contributed by atoms with van der Waals surface area (Å²) in [6.07, 6.45) is 4.92. The fourth-order valence-electron chi connectivity index (χ4n) is 3.68. The van der Waals surface area contributed by atoms with Crippen LogP contribution in [0, 0.1) is 12.7 Å². The number of halogens is 1. The molecule has 0 unspecified atom stereocenters. The first-order chi connectivity index (χ1) is 16.9. The van der Waals surface area contributed by atoms with E-state index < -0.39 is 5.82 Å². The first-order valence-corrected chi connectivity index (χ1v) is 11.1. The second-order valence-corrected chi connectivity index (χ2v) is 8.17. The molecule has 3 aromatic heterocycles. The molecule has 0 aliphatic carbocycles. The van der Waals surface area contributed by atoms with Gasteiger partial charge in [-0.05, 0) is 35.7 Å². The van der Waals surface area contributed by atoms with E-state index in [1.165, 1.54) is 19.4 Å². The summed E-state index contributed by atoms with van der Waals surface area (Å²) >= 11 is 0. The number of pyridine rings is 2. The number of rotatable bonds is 9. The number of hydrogen-bond acceptors (Lipinski definition) is 5. The Kier molecular flexibility index (Phi) is 7.47. The molecule has 0 fully saturated rings. The highest BCUT2D eigenvalue weighted by Crippen LogP contribution is 2.13. The van der Waals surface area contributed by atoms with Crippen molar-refractivity contribution in [1.82, 2.24) is 24.6 Å². The normalized spacial score (nSPS) is 10.9. The number of methoxy groups -OCH3 is 1. The van der Waals surface area contributed by atoms with Crippen molar-refractivity contribution in [3.8, 4) is 0 Å². The second-order valence-electron chi connectivity index (χ2n) is 8.17. The van der Waals surface area contributed by atoms with Crippen LogP contribution >= 0.6 is 0 Å². The van der Waals surface area contributed by atoms with Crippen molar-refractivity contribution in [2.24, 2.45) is 0 Å². The van der Waals surface area contributed by atoms with Crippen LogP contribution in [0.5, 0.6) is 0 Å². The maximum atomic E-state index is 14.2. The molecule has 180 valence electrons. The van der Waals surface area contributed by atoms with Gasteiger partial charge in [-0.1, -0.05) is 30.3 Å². The summed E-state index contributed by atoms with van der Waals surface area (Å²) in [5.74, 6) is -0.809. The molecule has 1 N–H and O–H groups in total. The fourth-order valence-corrected chi connectivity index (χ4v) is 3.68. The van der Waals surface area contributed by atoms with Crippen molar-refractivity contribution >= 4 is 5.91 Å². The summed E-state index contributed by atoms with van der Waals surface area (Å²) < 4.78 is 22.7. The lowest BCUT2D eigenvalue weighted by molar-refractivity contribution is 0.0945. The van der Waals surface area contributed by atoms with Crippen LogP contribution in [0.1, 0.15) is 38.4 Å². The monoisotopic (exact) mass is 475 g/mol. The molecular formula is C26H26FN5O3. The molecule has 4 rings (SSSR count). The number of nitrogens with one attached hydrogen (secondary N) is 1. The number of hydrogen-bond donors (Lipinski definition) is 1. The average molecular weight is 476 g/mol. The Balaban J connectivity index is 1.45. The second kappa shape index (κ2) is 10.9. The Morgan fingerprint density at radius 2 is 1.80 bits per heavy atom. The zero-order chi connectivity index (χ0) is 24.8. The number of nitrogens with zero attached hydrogens (tertiary/aromatic N) is 4. The van der Waals surface area contributed by atoms with Gasteiger partial charge in [0, 0.05) is 31.8 Å².